The summed E-state index contributed by atoms with van der Waals surface area (Å²) in [7, 11) is 0. The van der Waals surface area contributed by atoms with E-state index in [9.17, 15) is 4.79 Å². The van der Waals surface area contributed by atoms with Gasteiger partial charge in [0.1, 0.15) is 17.9 Å². The molecule has 0 radical (unpaired) electrons. The zero-order chi connectivity index (χ0) is 20.1. The van der Waals surface area contributed by atoms with Gasteiger partial charge >= 0.3 is 0 Å². The van der Waals surface area contributed by atoms with E-state index in [0.29, 0.717) is 36.0 Å². The summed E-state index contributed by atoms with van der Waals surface area (Å²) < 4.78 is 7.42. The first-order valence-electron chi connectivity index (χ1n) is 9.23. The van der Waals surface area contributed by atoms with E-state index < -0.39 is 0 Å². The van der Waals surface area contributed by atoms with Gasteiger partial charge in [-0.2, -0.15) is 0 Å². The highest BCUT2D eigenvalue weighted by atomic mass is 35.5. The highest BCUT2D eigenvalue weighted by Crippen LogP contribution is 2.15. The minimum absolute atomic E-state index is 0.137. The number of para-hydroxylation sites is 1. The molecule has 0 atom stereocenters. The van der Waals surface area contributed by atoms with Gasteiger partial charge in [-0.1, -0.05) is 41.1 Å². The number of fused-ring (bicyclic) bond motifs is 1. The molecule has 0 aliphatic heterocycles. The quantitative estimate of drug-likeness (QED) is 0.472. The van der Waals surface area contributed by atoms with Gasteiger partial charge in [0.2, 0.25) is 0 Å². The van der Waals surface area contributed by atoms with Crippen molar-refractivity contribution >= 4 is 28.5 Å². The van der Waals surface area contributed by atoms with Crippen LogP contribution in [0.5, 0.6) is 5.75 Å². The Bertz CT molecular complexity index is 1110. The topological polar surface area (TPSA) is 69.0 Å². The van der Waals surface area contributed by atoms with Crippen LogP contribution in [0.1, 0.15) is 15.9 Å². The first-order valence-corrected chi connectivity index (χ1v) is 9.60. The summed E-state index contributed by atoms with van der Waals surface area (Å²) in [5.74, 6) is 0.580. The minimum Gasteiger partial charge on any atom is -0.492 e. The number of aromatic nitrogens is 3. The number of halogens is 1. The largest absolute Gasteiger partial charge is 0.492 e. The average Bonchev–Trinajstić information content (AvgIpc) is 3.16. The van der Waals surface area contributed by atoms with Crippen LogP contribution in [0.2, 0.25) is 5.02 Å². The molecule has 146 valence electrons. The summed E-state index contributed by atoms with van der Waals surface area (Å²) in [4.78, 5) is 12.3. The second kappa shape index (κ2) is 8.75. The second-order valence-electron chi connectivity index (χ2n) is 6.49. The number of carbonyl (C=O) groups is 1. The van der Waals surface area contributed by atoms with Crippen LogP contribution in [0.15, 0.2) is 72.8 Å². The molecule has 0 aliphatic rings. The number of benzene rings is 3. The second-order valence-corrected chi connectivity index (χ2v) is 6.93. The molecule has 0 fully saturated rings. The molecular formula is C22H19ClN4O2. The zero-order valence-electron chi connectivity index (χ0n) is 15.6. The maximum Gasteiger partial charge on any atom is 0.251 e. The Morgan fingerprint density at radius 1 is 1.00 bits per heavy atom. The summed E-state index contributed by atoms with van der Waals surface area (Å²) in [5.41, 5.74) is 3.49. The van der Waals surface area contributed by atoms with Gasteiger partial charge in [0, 0.05) is 10.6 Å². The van der Waals surface area contributed by atoms with Gasteiger partial charge in [0.05, 0.1) is 18.6 Å². The monoisotopic (exact) mass is 406 g/mol. The fourth-order valence-electron chi connectivity index (χ4n) is 2.93. The molecule has 4 rings (SSSR count). The Balaban J connectivity index is 1.29. The van der Waals surface area contributed by atoms with Crippen molar-refractivity contribution in [2.24, 2.45) is 0 Å². The summed E-state index contributed by atoms with van der Waals surface area (Å²) in [6, 6.07) is 22.4. The standard InChI is InChI=1S/C22H19ClN4O2/c23-18-9-11-19(12-10-18)29-14-13-24-22(28)17-7-5-16(6-8-17)15-27-21-4-2-1-3-20(21)25-26-27/h1-12H,13-15H2,(H,24,28). The number of nitrogens with zero attached hydrogens (tertiary/aromatic N) is 3. The lowest BCUT2D eigenvalue weighted by atomic mass is 10.1. The predicted octanol–water partition coefficient (Wildman–Crippen LogP) is 3.94. The molecule has 0 spiro atoms. The first-order chi connectivity index (χ1) is 14.2. The number of hydrogen-bond acceptors (Lipinski definition) is 4. The lowest BCUT2D eigenvalue weighted by Gasteiger charge is -2.08. The fraction of sp³-hybridized carbons (Fsp3) is 0.136. The number of amides is 1. The van der Waals surface area contributed by atoms with E-state index in [0.717, 1.165) is 16.6 Å². The van der Waals surface area contributed by atoms with Gasteiger partial charge in [0.25, 0.3) is 5.91 Å². The fourth-order valence-corrected chi connectivity index (χ4v) is 3.06. The molecule has 7 heteroatoms. The number of rotatable bonds is 7. The van der Waals surface area contributed by atoms with Gasteiger partial charge in [-0.05, 0) is 54.1 Å². The molecule has 1 heterocycles. The smallest absolute Gasteiger partial charge is 0.251 e. The molecular weight excluding hydrogens is 388 g/mol. The van der Waals surface area contributed by atoms with Gasteiger partial charge < -0.3 is 10.1 Å². The van der Waals surface area contributed by atoms with Crippen LogP contribution < -0.4 is 10.1 Å². The minimum atomic E-state index is -0.137. The Labute approximate surface area is 173 Å². The molecule has 4 aromatic rings. The van der Waals surface area contributed by atoms with Crippen molar-refractivity contribution < 1.29 is 9.53 Å². The highest BCUT2D eigenvalue weighted by Gasteiger charge is 2.07. The van der Waals surface area contributed by atoms with Crippen LogP contribution in [0.3, 0.4) is 0 Å². The zero-order valence-corrected chi connectivity index (χ0v) is 16.3. The van der Waals surface area contributed by atoms with Crippen molar-refractivity contribution in [2.75, 3.05) is 13.2 Å². The normalized spacial score (nSPS) is 10.8. The SMILES string of the molecule is O=C(NCCOc1ccc(Cl)cc1)c1ccc(Cn2nnc3ccccc32)cc1. The summed E-state index contributed by atoms with van der Waals surface area (Å²) in [5, 5.41) is 11.9. The Kier molecular flexibility index (Phi) is 5.72. The van der Waals surface area contributed by atoms with E-state index in [4.69, 9.17) is 16.3 Å². The molecule has 1 amide bonds. The molecule has 0 aliphatic carbocycles. The van der Waals surface area contributed by atoms with Crippen LogP contribution in [0.25, 0.3) is 11.0 Å². The van der Waals surface area contributed by atoms with Gasteiger partial charge in [-0.15, -0.1) is 5.10 Å². The highest BCUT2D eigenvalue weighted by molar-refractivity contribution is 6.30. The van der Waals surface area contributed by atoms with Gasteiger partial charge in [-0.3, -0.25) is 4.79 Å². The van der Waals surface area contributed by atoms with Gasteiger partial charge in [-0.25, -0.2) is 4.68 Å². The molecule has 0 saturated heterocycles. The van der Waals surface area contributed by atoms with Crippen molar-refractivity contribution in [2.45, 2.75) is 6.54 Å². The van der Waals surface area contributed by atoms with Gasteiger partial charge in [0.15, 0.2) is 0 Å². The molecule has 6 nitrogen and oxygen atoms in total. The van der Waals surface area contributed by atoms with Crippen molar-refractivity contribution in [1.29, 1.82) is 0 Å². The lowest BCUT2D eigenvalue weighted by molar-refractivity contribution is 0.0947. The van der Waals surface area contributed by atoms with E-state index in [1.807, 2.05) is 53.2 Å². The average molecular weight is 407 g/mol. The van der Waals surface area contributed by atoms with Crippen molar-refractivity contribution in [3.63, 3.8) is 0 Å². The Morgan fingerprint density at radius 2 is 1.76 bits per heavy atom. The van der Waals surface area contributed by atoms with Crippen LogP contribution in [-0.4, -0.2) is 34.1 Å². The molecule has 1 aromatic heterocycles. The van der Waals surface area contributed by atoms with E-state index >= 15 is 0 Å². The third-order valence-electron chi connectivity index (χ3n) is 4.44. The maximum absolute atomic E-state index is 12.3. The van der Waals surface area contributed by atoms with E-state index in [2.05, 4.69) is 15.6 Å². The summed E-state index contributed by atoms with van der Waals surface area (Å²) in [6.07, 6.45) is 0. The third kappa shape index (κ3) is 4.73. The molecule has 1 N–H and O–H groups in total. The van der Waals surface area contributed by atoms with Crippen molar-refractivity contribution in [3.8, 4) is 5.75 Å². The van der Waals surface area contributed by atoms with E-state index in [1.54, 1.807) is 24.3 Å². The molecule has 0 unspecified atom stereocenters. The van der Waals surface area contributed by atoms with Crippen LogP contribution in [0.4, 0.5) is 0 Å². The van der Waals surface area contributed by atoms with E-state index in [-0.39, 0.29) is 5.91 Å². The number of nitrogens with one attached hydrogen (secondary N) is 1. The van der Waals surface area contributed by atoms with Crippen LogP contribution in [0, 0.1) is 0 Å². The molecule has 29 heavy (non-hydrogen) atoms. The lowest BCUT2D eigenvalue weighted by Crippen LogP contribution is -2.28. The van der Waals surface area contributed by atoms with E-state index in [1.165, 1.54) is 0 Å². The number of hydrogen-bond donors (Lipinski definition) is 1. The first kappa shape index (κ1) is 19.0. The molecule has 3 aromatic carbocycles. The molecule has 0 saturated carbocycles. The third-order valence-corrected chi connectivity index (χ3v) is 4.69. The van der Waals surface area contributed by atoms with Crippen molar-refractivity contribution in [3.05, 3.63) is 88.9 Å². The number of ether oxygens (including phenoxy) is 1. The number of carbonyl (C=O) groups excluding carboxylic acids is 1. The maximum atomic E-state index is 12.3. The Hall–Kier alpha value is -3.38. The Morgan fingerprint density at radius 3 is 2.55 bits per heavy atom. The van der Waals surface area contributed by atoms with Crippen LogP contribution >= 0.6 is 11.6 Å². The summed E-state index contributed by atoms with van der Waals surface area (Å²) >= 11 is 5.84. The predicted molar refractivity (Wildman–Crippen MR) is 112 cm³/mol. The molecule has 0 bridgehead atoms. The van der Waals surface area contributed by atoms with Crippen molar-refractivity contribution in [1.82, 2.24) is 20.3 Å². The summed E-state index contributed by atoms with van der Waals surface area (Å²) in [6.45, 7) is 1.39. The van der Waals surface area contributed by atoms with Crippen LogP contribution in [-0.2, 0) is 6.54 Å².